The van der Waals surface area contributed by atoms with Crippen LogP contribution in [0.15, 0.2) is 18.2 Å². The fourth-order valence-electron chi connectivity index (χ4n) is 2.30. The fourth-order valence-corrected chi connectivity index (χ4v) is 2.30. The third kappa shape index (κ3) is 2.58. The second-order valence-corrected chi connectivity index (χ2v) is 4.34. The molecule has 5 heteroatoms. The highest BCUT2D eigenvalue weighted by Crippen LogP contribution is 2.23. The normalized spacial score (nSPS) is 13.4. The number of rotatable bonds is 2. The van der Waals surface area contributed by atoms with E-state index in [9.17, 15) is 9.59 Å². The predicted octanol–water partition coefficient (Wildman–Crippen LogP) is 1.27. The van der Waals surface area contributed by atoms with Gasteiger partial charge in [-0.1, -0.05) is 12.1 Å². The Labute approximate surface area is 111 Å². The van der Waals surface area contributed by atoms with Crippen molar-refractivity contribution in [3.8, 4) is 6.07 Å². The second kappa shape index (κ2) is 5.53. The van der Waals surface area contributed by atoms with Crippen molar-refractivity contribution >= 4 is 11.9 Å². The molecule has 1 heterocycles. The highest BCUT2D eigenvalue weighted by Gasteiger charge is 2.24. The molecule has 0 aromatic heterocycles. The van der Waals surface area contributed by atoms with Gasteiger partial charge in [0.25, 0.3) is 0 Å². The largest absolute Gasteiger partial charge is 0.465 e. The van der Waals surface area contributed by atoms with Gasteiger partial charge >= 0.3 is 5.97 Å². The molecule has 0 spiro atoms. The van der Waals surface area contributed by atoms with Gasteiger partial charge in [-0.2, -0.15) is 5.26 Å². The van der Waals surface area contributed by atoms with E-state index in [2.05, 4.69) is 0 Å². The van der Waals surface area contributed by atoms with Gasteiger partial charge in [-0.25, -0.2) is 4.79 Å². The number of benzene rings is 1. The van der Waals surface area contributed by atoms with Crippen LogP contribution in [0.2, 0.25) is 0 Å². The van der Waals surface area contributed by atoms with E-state index in [1.165, 1.54) is 7.11 Å². The lowest BCUT2D eigenvalue weighted by atomic mass is 9.94. The Hall–Kier alpha value is -2.35. The third-order valence-corrected chi connectivity index (χ3v) is 3.25. The lowest BCUT2D eigenvalue weighted by Crippen LogP contribution is -2.36. The quantitative estimate of drug-likeness (QED) is 0.749. The Morgan fingerprint density at radius 2 is 2.26 bits per heavy atom. The van der Waals surface area contributed by atoms with E-state index >= 15 is 0 Å². The molecule has 2 rings (SSSR count). The predicted molar refractivity (Wildman–Crippen MR) is 67.1 cm³/mol. The number of amides is 1. The maximum absolute atomic E-state index is 11.7. The second-order valence-electron chi connectivity index (χ2n) is 4.34. The van der Waals surface area contributed by atoms with Crippen molar-refractivity contribution in [1.82, 2.24) is 4.90 Å². The molecular formula is C14H14N2O3. The van der Waals surface area contributed by atoms with E-state index in [1.807, 2.05) is 12.1 Å². The molecule has 0 saturated carbocycles. The average Bonchev–Trinajstić information content (AvgIpc) is 2.45. The number of carbonyl (C=O) groups excluding carboxylic acids is 2. The van der Waals surface area contributed by atoms with Gasteiger partial charge in [0.15, 0.2) is 0 Å². The summed E-state index contributed by atoms with van der Waals surface area (Å²) in [6, 6.07) is 7.27. The molecule has 0 saturated heterocycles. The molecule has 1 aliphatic heterocycles. The van der Waals surface area contributed by atoms with Gasteiger partial charge < -0.3 is 9.64 Å². The van der Waals surface area contributed by atoms with Crippen molar-refractivity contribution in [2.45, 2.75) is 19.4 Å². The van der Waals surface area contributed by atoms with Gasteiger partial charge in [0.2, 0.25) is 5.91 Å². The summed E-state index contributed by atoms with van der Waals surface area (Å²) in [5.41, 5.74) is 2.45. The molecule has 0 fully saturated rings. The molecule has 1 aliphatic rings. The Bertz CT molecular complexity index is 560. The summed E-state index contributed by atoms with van der Waals surface area (Å²) in [6.07, 6.45) is 0.504. The average molecular weight is 258 g/mol. The fraction of sp³-hybridized carbons (Fsp3) is 0.357. The minimum absolute atomic E-state index is 0.105. The van der Waals surface area contributed by atoms with Crippen molar-refractivity contribution in [3.05, 3.63) is 34.9 Å². The van der Waals surface area contributed by atoms with Gasteiger partial charge in [0, 0.05) is 13.1 Å². The zero-order valence-corrected chi connectivity index (χ0v) is 10.7. The number of methoxy groups -OCH3 is 1. The summed E-state index contributed by atoms with van der Waals surface area (Å²) < 4.78 is 4.75. The first-order chi connectivity index (χ1) is 9.17. The van der Waals surface area contributed by atoms with Crippen LogP contribution in [0.5, 0.6) is 0 Å². The van der Waals surface area contributed by atoms with Crippen molar-refractivity contribution < 1.29 is 14.3 Å². The van der Waals surface area contributed by atoms with Gasteiger partial charge in [-0.05, 0) is 23.6 Å². The van der Waals surface area contributed by atoms with Crippen LogP contribution < -0.4 is 0 Å². The number of nitrogens with zero attached hydrogens (tertiary/aromatic N) is 2. The first-order valence-electron chi connectivity index (χ1n) is 6.01. The van der Waals surface area contributed by atoms with Gasteiger partial charge in [-0.15, -0.1) is 0 Å². The van der Waals surface area contributed by atoms with Crippen LogP contribution in [0.1, 0.15) is 27.9 Å². The number of nitriles is 1. The van der Waals surface area contributed by atoms with Crippen LogP contribution in [0.3, 0.4) is 0 Å². The Balaban J connectivity index is 2.26. The van der Waals surface area contributed by atoms with Crippen molar-refractivity contribution in [2.24, 2.45) is 0 Å². The zero-order valence-electron chi connectivity index (χ0n) is 10.7. The molecule has 1 aromatic carbocycles. The number of esters is 1. The van der Waals surface area contributed by atoms with E-state index in [1.54, 1.807) is 17.0 Å². The van der Waals surface area contributed by atoms with Gasteiger partial charge in [-0.3, -0.25) is 4.79 Å². The van der Waals surface area contributed by atoms with Crippen LogP contribution in [-0.4, -0.2) is 30.4 Å². The summed E-state index contributed by atoms with van der Waals surface area (Å²) in [5.74, 6) is -0.523. The lowest BCUT2D eigenvalue weighted by Gasteiger charge is -2.29. The Morgan fingerprint density at radius 1 is 1.47 bits per heavy atom. The third-order valence-electron chi connectivity index (χ3n) is 3.25. The summed E-state index contributed by atoms with van der Waals surface area (Å²) in [4.78, 5) is 25.0. The van der Waals surface area contributed by atoms with E-state index in [4.69, 9.17) is 10.00 Å². The Kier molecular flexibility index (Phi) is 3.81. The summed E-state index contributed by atoms with van der Waals surface area (Å²) in [5, 5.41) is 8.55. The summed E-state index contributed by atoms with van der Waals surface area (Å²) in [6.45, 7) is 0.974. The van der Waals surface area contributed by atoms with Gasteiger partial charge in [0.05, 0.1) is 18.7 Å². The number of hydrogen-bond donors (Lipinski definition) is 0. The minimum atomic E-state index is -0.353. The first-order valence-corrected chi connectivity index (χ1v) is 6.01. The van der Waals surface area contributed by atoms with Crippen molar-refractivity contribution in [3.63, 3.8) is 0 Å². The van der Waals surface area contributed by atoms with Crippen molar-refractivity contribution in [1.29, 1.82) is 5.26 Å². The van der Waals surface area contributed by atoms with E-state index in [0.717, 1.165) is 11.1 Å². The molecular weight excluding hydrogens is 244 g/mol. The minimum Gasteiger partial charge on any atom is -0.465 e. The molecule has 0 unspecified atom stereocenters. The summed E-state index contributed by atoms with van der Waals surface area (Å²) >= 11 is 0. The molecule has 0 aliphatic carbocycles. The molecule has 5 nitrogen and oxygen atoms in total. The van der Waals surface area contributed by atoms with Crippen LogP contribution in [0, 0.1) is 11.3 Å². The standard InChI is InChI=1S/C14H14N2O3/c1-19-14(18)12-4-2-3-10-9-16(8-6-11(10)12)13(17)5-7-15/h2-4H,5-6,8-9H2,1H3. The highest BCUT2D eigenvalue weighted by atomic mass is 16.5. The molecule has 1 amide bonds. The molecule has 0 N–H and O–H groups in total. The molecule has 0 radical (unpaired) electrons. The number of fused-ring (bicyclic) bond motifs is 1. The number of hydrogen-bond acceptors (Lipinski definition) is 4. The lowest BCUT2D eigenvalue weighted by molar-refractivity contribution is -0.131. The van der Waals surface area contributed by atoms with Crippen LogP contribution >= 0.6 is 0 Å². The van der Waals surface area contributed by atoms with Crippen molar-refractivity contribution in [2.75, 3.05) is 13.7 Å². The zero-order chi connectivity index (χ0) is 13.8. The molecule has 1 aromatic rings. The van der Waals surface area contributed by atoms with E-state index in [-0.39, 0.29) is 18.3 Å². The molecule has 0 atom stereocenters. The van der Waals surface area contributed by atoms with Crippen LogP contribution in [-0.2, 0) is 22.5 Å². The Morgan fingerprint density at radius 3 is 2.95 bits per heavy atom. The SMILES string of the molecule is COC(=O)c1cccc2c1CCN(C(=O)CC#N)C2. The number of carbonyl (C=O) groups is 2. The van der Waals surface area contributed by atoms with E-state index < -0.39 is 0 Å². The maximum Gasteiger partial charge on any atom is 0.338 e. The highest BCUT2D eigenvalue weighted by molar-refractivity contribution is 5.91. The van der Waals surface area contributed by atoms with Crippen LogP contribution in [0.4, 0.5) is 0 Å². The molecule has 98 valence electrons. The molecule has 0 bridgehead atoms. The van der Waals surface area contributed by atoms with E-state index in [0.29, 0.717) is 25.1 Å². The smallest absolute Gasteiger partial charge is 0.338 e. The number of ether oxygens (including phenoxy) is 1. The molecule has 19 heavy (non-hydrogen) atoms. The first kappa shape index (κ1) is 13.1. The maximum atomic E-state index is 11.7. The van der Waals surface area contributed by atoms with Gasteiger partial charge in [0.1, 0.15) is 6.42 Å². The van der Waals surface area contributed by atoms with Crippen LogP contribution in [0.25, 0.3) is 0 Å². The summed E-state index contributed by atoms with van der Waals surface area (Å²) in [7, 11) is 1.35. The topological polar surface area (TPSA) is 70.4 Å². The monoisotopic (exact) mass is 258 g/mol.